The Morgan fingerprint density at radius 1 is 0.451 bits per heavy atom. The summed E-state index contributed by atoms with van der Waals surface area (Å²) in [6.07, 6.45) is 4.85. The first-order valence-electron chi connectivity index (χ1n) is 17.8. The Kier molecular flexibility index (Phi) is 8.24. The molecule has 4 heteroatoms. The van der Waals surface area contributed by atoms with Crippen molar-refractivity contribution in [1.29, 1.82) is 0 Å². The molecule has 0 aliphatic heterocycles. The quantitative estimate of drug-likeness (QED) is 0.151. The van der Waals surface area contributed by atoms with E-state index in [4.69, 9.17) is 17.2 Å². The van der Waals surface area contributed by atoms with Gasteiger partial charge in [-0.15, -0.1) is 0 Å². The summed E-state index contributed by atoms with van der Waals surface area (Å²) in [7, 11) is 15.4. The van der Waals surface area contributed by atoms with Gasteiger partial charge in [-0.1, -0.05) is 0 Å². The number of hydrogen-bond acceptors (Lipinski definition) is 0. The molecule has 0 saturated heterocycles. The summed E-state index contributed by atoms with van der Waals surface area (Å²) < 4.78 is 1.41. The van der Waals surface area contributed by atoms with Gasteiger partial charge >= 0.3 is 313 Å². The molecule has 0 aromatic heterocycles. The number of hydrogen-bond donors (Lipinski definition) is 0. The van der Waals surface area contributed by atoms with Crippen LogP contribution in [0.15, 0.2) is 163 Å². The number of rotatable bonds is 5. The van der Waals surface area contributed by atoms with Crippen LogP contribution in [0.25, 0.3) is 56.0 Å². The van der Waals surface area contributed by atoms with Gasteiger partial charge in [0.2, 0.25) is 0 Å². The van der Waals surface area contributed by atoms with E-state index in [1.165, 1.54) is 81.6 Å². The molecule has 0 spiro atoms. The van der Waals surface area contributed by atoms with Gasteiger partial charge in [0.1, 0.15) is 0 Å². The molecule has 9 rings (SSSR count). The minimum absolute atomic E-state index is 0.0102. The average molecular weight is 925 g/mol. The maximum atomic E-state index is 8.90. The van der Waals surface area contributed by atoms with Crippen LogP contribution in [0.4, 0.5) is 0 Å². The molecule has 0 amide bonds. The molecule has 0 heterocycles. The number of benzene rings is 7. The van der Waals surface area contributed by atoms with Crippen LogP contribution >= 0.6 is 17.2 Å². The zero-order valence-corrected chi connectivity index (χ0v) is 36.2. The monoisotopic (exact) mass is 926 g/mol. The molecule has 2 unspecified atom stereocenters. The molecule has 248 valence electrons. The summed E-state index contributed by atoms with van der Waals surface area (Å²) >= 11 is -5.26. The van der Waals surface area contributed by atoms with Crippen molar-refractivity contribution >= 4 is 65.3 Å². The Morgan fingerprint density at radius 3 is 1.33 bits per heavy atom. The van der Waals surface area contributed by atoms with Gasteiger partial charge in [0.05, 0.1) is 0 Å². The third-order valence-corrected chi connectivity index (χ3v) is 104. The van der Waals surface area contributed by atoms with E-state index < -0.39 is 23.1 Å². The topological polar surface area (TPSA) is 0 Å². The van der Waals surface area contributed by atoms with E-state index in [-0.39, 0.29) is 7.35 Å². The molecule has 2 aliphatic rings. The molecular formula is C47H38Cl2GeHf. The normalized spacial score (nSPS) is 16.9. The third kappa shape index (κ3) is 5.10. The van der Waals surface area contributed by atoms with Gasteiger partial charge in [-0.3, -0.25) is 0 Å². The first-order valence-corrected chi connectivity index (χ1v) is 44.4. The zero-order chi connectivity index (χ0) is 34.9. The summed E-state index contributed by atoms with van der Waals surface area (Å²) in [5, 5.41) is 5.03. The maximum absolute atomic E-state index is 8.90. The second-order valence-electron chi connectivity index (χ2n) is 14.5. The molecule has 7 aromatic rings. The average Bonchev–Trinajstić information content (AvgIpc) is 3.71. The molecule has 51 heavy (non-hydrogen) atoms. The van der Waals surface area contributed by atoms with E-state index in [9.17, 15) is 0 Å². The van der Waals surface area contributed by atoms with Gasteiger partial charge in [0.15, 0.2) is 0 Å². The first-order chi connectivity index (χ1) is 24.7. The fraction of sp³-hybridized carbons (Fsp3) is 0.106. The van der Waals surface area contributed by atoms with Crippen LogP contribution in [-0.4, -0.2) is 10.1 Å². The summed E-state index contributed by atoms with van der Waals surface area (Å²) in [6, 6.07) is 55.5. The third-order valence-electron chi connectivity index (χ3n) is 11.7. The number of halogens is 2. The molecule has 0 saturated carbocycles. The minimum atomic E-state index is -5.26. The molecule has 2 aliphatic carbocycles. The Morgan fingerprint density at radius 2 is 0.843 bits per heavy atom. The Bertz CT molecular complexity index is 2530. The van der Waals surface area contributed by atoms with Crippen molar-refractivity contribution in [3.05, 3.63) is 185 Å². The second kappa shape index (κ2) is 12.6. The van der Waals surface area contributed by atoms with Crippen LogP contribution < -0.4 is 4.40 Å². The van der Waals surface area contributed by atoms with Gasteiger partial charge in [0, 0.05) is 0 Å². The summed E-state index contributed by atoms with van der Waals surface area (Å²) in [5.74, 6) is 2.49. The van der Waals surface area contributed by atoms with Crippen molar-refractivity contribution in [2.24, 2.45) is 0 Å². The first kappa shape index (κ1) is 33.4. The zero-order valence-electron chi connectivity index (χ0n) is 29.0. The molecule has 0 bridgehead atoms. The van der Waals surface area contributed by atoms with Gasteiger partial charge in [-0.25, -0.2) is 0 Å². The van der Waals surface area contributed by atoms with Crippen molar-refractivity contribution < 1.29 is 13.0 Å². The fourth-order valence-corrected chi connectivity index (χ4v) is 89.1. The molecule has 0 radical (unpaired) electrons. The van der Waals surface area contributed by atoms with E-state index in [1.807, 2.05) is 0 Å². The van der Waals surface area contributed by atoms with E-state index in [1.54, 1.807) is 0 Å². The number of allylic oxidation sites excluding steroid dienone is 2. The van der Waals surface area contributed by atoms with Crippen LogP contribution in [0.3, 0.4) is 0 Å². The molecule has 0 fully saturated rings. The molecular weight excluding hydrogens is 887 g/mol. The van der Waals surface area contributed by atoms with E-state index >= 15 is 0 Å². The molecule has 7 aromatic carbocycles. The van der Waals surface area contributed by atoms with Crippen molar-refractivity contribution in [3.63, 3.8) is 0 Å². The summed E-state index contributed by atoms with van der Waals surface area (Å²) in [6.45, 7) is 4.60. The van der Waals surface area contributed by atoms with Gasteiger partial charge in [0.25, 0.3) is 0 Å². The van der Waals surface area contributed by atoms with Crippen LogP contribution in [-0.2, 0) is 13.0 Å². The SMILES string of the molecule is CC1=Cc2c(-c3cccc4ccccc34)cccc2[CH]1[Hf]([Cl])([Cl])([CH]1C(C)=Cc2c(-c3cccc4ccccc34)cccc21)=[Ge]([CH3])[c]1ccccc1. The van der Waals surface area contributed by atoms with Gasteiger partial charge in [-0.2, -0.15) is 0 Å². The van der Waals surface area contributed by atoms with E-state index in [0.717, 1.165) is 0 Å². The van der Waals surface area contributed by atoms with Crippen LogP contribution in [0, 0.1) is 0 Å². The molecule has 0 N–H and O–H groups in total. The van der Waals surface area contributed by atoms with Crippen molar-refractivity contribution in [2.45, 2.75) is 27.0 Å². The van der Waals surface area contributed by atoms with Crippen molar-refractivity contribution in [3.8, 4) is 22.3 Å². The van der Waals surface area contributed by atoms with Gasteiger partial charge in [-0.05, 0) is 0 Å². The standard InChI is InChI=1S/2C20H15.C7H8Ge.2ClH.Hf/c2*1-14-12-16-8-5-11-19(20(16)13-14)18-10-4-7-15-6-2-3-9-17(15)18;1-8-7-5-3-2-4-6-7;;;/h2*2-13H,1H3;2-6H,1H3;2*1H;/q;;;;;+2/p-2. The molecule has 0 nitrogen and oxygen atoms in total. The Balaban J connectivity index is 1.31. The predicted molar refractivity (Wildman–Crippen MR) is 221 cm³/mol. The van der Waals surface area contributed by atoms with Crippen molar-refractivity contribution in [2.75, 3.05) is 0 Å². The van der Waals surface area contributed by atoms with Crippen LogP contribution in [0.5, 0.6) is 0 Å². The summed E-state index contributed by atoms with van der Waals surface area (Å²) in [5.41, 5.74) is 12.8. The molecule has 2 atom stereocenters. The Hall–Kier alpha value is -3.47. The van der Waals surface area contributed by atoms with E-state index in [2.05, 4.69) is 183 Å². The van der Waals surface area contributed by atoms with Crippen LogP contribution in [0.2, 0.25) is 5.76 Å². The predicted octanol–water partition coefficient (Wildman–Crippen LogP) is 13.5. The summed E-state index contributed by atoms with van der Waals surface area (Å²) in [4.78, 5) is 0. The fourth-order valence-electron chi connectivity index (χ4n) is 9.46. The van der Waals surface area contributed by atoms with E-state index in [0.29, 0.717) is 0 Å². The number of fused-ring (bicyclic) bond motifs is 4. The van der Waals surface area contributed by atoms with Crippen LogP contribution in [0.1, 0.15) is 43.5 Å². The van der Waals surface area contributed by atoms with Crippen molar-refractivity contribution in [1.82, 2.24) is 0 Å². The Labute approximate surface area is 309 Å². The van der Waals surface area contributed by atoms with Gasteiger partial charge < -0.3 is 0 Å². The second-order valence-corrected chi connectivity index (χ2v) is 89.0.